The van der Waals surface area contributed by atoms with Crippen LogP contribution in [0.5, 0.6) is 0 Å². The van der Waals surface area contributed by atoms with Gasteiger partial charge in [0.15, 0.2) is 6.10 Å². The number of carbonyl (C=O) groups excluding carboxylic acids is 1. The van der Waals surface area contributed by atoms with Gasteiger partial charge in [0, 0.05) is 24.3 Å². The minimum absolute atomic E-state index is 0.268. The van der Waals surface area contributed by atoms with Crippen molar-refractivity contribution in [2.24, 2.45) is 11.8 Å². The Bertz CT molecular complexity index is 707. The lowest BCUT2D eigenvalue weighted by Crippen LogP contribution is -2.43. The zero-order valence-corrected chi connectivity index (χ0v) is 18.4. The monoisotopic (exact) mass is 438 g/mol. The van der Waals surface area contributed by atoms with Gasteiger partial charge in [-0.3, -0.25) is 4.98 Å². The van der Waals surface area contributed by atoms with Crippen molar-refractivity contribution in [3.8, 4) is 0 Å². The van der Waals surface area contributed by atoms with Crippen LogP contribution in [-0.2, 0) is 9.53 Å². The summed E-state index contributed by atoms with van der Waals surface area (Å²) in [6.45, 7) is 9.31. The van der Waals surface area contributed by atoms with E-state index < -0.39 is 12.1 Å². The molecule has 3 rings (SSSR count). The number of anilines is 1. The second-order valence-corrected chi connectivity index (χ2v) is 9.08. The zero-order chi connectivity index (χ0) is 19.7. The lowest BCUT2D eigenvalue weighted by molar-refractivity contribution is -0.157. The molecule has 6 heteroatoms. The quantitative estimate of drug-likeness (QED) is 0.702. The average Bonchev–Trinajstić information content (AvgIpc) is 2.63. The summed E-state index contributed by atoms with van der Waals surface area (Å²) < 4.78 is 6.14. The van der Waals surface area contributed by atoms with E-state index in [1.807, 2.05) is 13.8 Å². The summed E-state index contributed by atoms with van der Waals surface area (Å²) in [7, 11) is 0. The molecule has 1 aliphatic carbocycles. The first-order valence-electron chi connectivity index (χ1n) is 10.1. The Morgan fingerprint density at radius 2 is 1.85 bits per heavy atom. The van der Waals surface area contributed by atoms with Crippen LogP contribution in [0, 0.1) is 25.7 Å². The molecule has 150 valence electrons. The van der Waals surface area contributed by atoms with Gasteiger partial charge in [-0.25, -0.2) is 4.79 Å². The third kappa shape index (κ3) is 4.32. The molecule has 3 atom stereocenters. The molecule has 1 saturated heterocycles. The van der Waals surface area contributed by atoms with Gasteiger partial charge in [0.05, 0.1) is 22.0 Å². The zero-order valence-electron chi connectivity index (χ0n) is 16.8. The number of pyridine rings is 1. The summed E-state index contributed by atoms with van der Waals surface area (Å²) in [6.07, 6.45) is 4.85. The van der Waals surface area contributed by atoms with Gasteiger partial charge in [-0.1, -0.05) is 19.3 Å². The van der Waals surface area contributed by atoms with Gasteiger partial charge in [0.2, 0.25) is 0 Å². The van der Waals surface area contributed by atoms with Crippen LogP contribution in [0.3, 0.4) is 0 Å². The number of aromatic nitrogens is 1. The van der Waals surface area contributed by atoms with Crippen molar-refractivity contribution in [1.29, 1.82) is 0 Å². The number of rotatable bonds is 4. The maximum absolute atomic E-state index is 12.4. The highest BCUT2D eigenvalue weighted by Crippen LogP contribution is 2.43. The molecule has 2 aliphatic rings. The van der Waals surface area contributed by atoms with E-state index in [0.717, 1.165) is 34.9 Å². The molecule has 0 unspecified atom stereocenters. The molecule has 1 saturated carbocycles. The lowest BCUT2D eigenvalue weighted by Gasteiger charge is -2.43. The van der Waals surface area contributed by atoms with Crippen molar-refractivity contribution in [2.75, 3.05) is 18.0 Å². The van der Waals surface area contributed by atoms with E-state index in [9.17, 15) is 9.90 Å². The van der Waals surface area contributed by atoms with Crippen LogP contribution < -0.4 is 4.90 Å². The Balaban J connectivity index is 1.97. The molecule has 0 spiro atoms. The molecule has 5 nitrogen and oxygen atoms in total. The summed E-state index contributed by atoms with van der Waals surface area (Å²) >= 11 is 3.69. The van der Waals surface area contributed by atoms with Crippen molar-refractivity contribution >= 4 is 27.6 Å². The van der Waals surface area contributed by atoms with Gasteiger partial charge in [0.1, 0.15) is 0 Å². The second-order valence-electron chi connectivity index (χ2n) is 8.29. The standard InChI is InChI=1S/C21H31BrN2O3/c1-12(2)27-21(26)20(25)17-13(3)23-14(4)18(22)19(17)24-10-9-15-7-5-6-8-16(15)11-24/h12,15-16,20,25H,5-11H2,1-4H3/t15-,16+,20+/m1/s1. The smallest absolute Gasteiger partial charge is 0.340 e. The predicted octanol–water partition coefficient (Wildman–Crippen LogP) is 4.46. The number of hydrogen-bond donors (Lipinski definition) is 1. The average molecular weight is 439 g/mol. The number of halogens is 1. The number of fused-ring (bicyclic) bond motifs is 1. The van der Waals surface area contributed by atoms with Crippen molar-refractivity contribution < 1.29 is 14.6 Å². The van der Waals surface area contributed by atoms with Crippen LogP contribution in [0.1, 0.15) is 69.0 Å². The molecule has 0 aromatic carbocycles. The van der Waals surface area contributed by atoms with E-state index in [-0.39, 0.29) is 6.10 Å². The fraction of sp³-hybridized carbons (Fsp3) is 0.714. The summed E-state index contributed by atoms with van der Waals surface area (Å²) in [5, 5.41) is 10.8. The Kier molecular flexibility index (Phi) is 6.46. The Hall–Kier alpha value is -1.14. The number of carbonyl (C=O) groups is 1. The fourth-order valence-electron chi connectivity index (χ4n) is 4.68. The van der Waals surface area contributed by atoms with E-state index in [4.69, 9.17) is 4.74 Å². The fourth-order valence-corrected chi connectivity index (χ4v) is 5.23. The third-order valence-corrected chi connectivity index (χ3v) is 6.91. The van der Waals surface area contributed by atoms with Crippen LogP contribution in [0.2, 0.25) is 0 Å². The topological polar surface area (TPSA) is 62.7 Å². The molecular weight excluding hydrogens is 408 g/mol. The van der Waals surface area contributed by atoms with Crippen molar-refractivity contribution in [1.82, 2.24) is 4.98 Å². The van der Waals surface area contributed by atoms with Gasteiger partial charge in [-0.05, 0) is 68.3 Å². The number of nitrogens with zero attached hydrogens (tertiary/aromatic N) is 2. The highest BCUT2D eigenvalue weighted by atomic mass is 79.9. The first-order chi connectivity index (χ1) is 12.8. The molecule has 1 N–H and O–H groups in total. The highest BCUT2D eigenvalue weighted by Gasteiger charge is 2.35. The molecule has 27 heavy (non-hydrogen) atoms. The van der Waals surface area contributed by atoms with E-state index in [1.165, 1.54) is 32.1 Å². The lowest BCUT2D eigenvalue weighted by atomic mass is 9.75. The van der Waals surface area contributed by atoms with E-state index in [1.54, 1.807) is 13.8 Å². The van der Waals surface area contributed by atoms with E-state index in [2.05, 4.69) is 25.8 Å². The van der Waals surface area contributed by atoms with Crippen LogP contribution in [0.15, 0.2) is 4.47 Å². The van der Waals surface area contributed by atoms with Gasteiger partial charge in [0.25, 0.3) is 0 Å². The molecule has 1 aromatic rings. The maximum atomic E-state index is 12.4. The number of aryl methyl sites for hydroxylation is 2. The molecule has 0 bridgehead atoms. The highest BCUT2D eigenvalue weighted by molar-refractivity contribution is 9.10. The van der Waals surface area contributed by atoms with Gasteiger partial charge < -0.3 is 14.7 Å². The van der Waals surface area contributed by atoms with Crippen molar-refractivity contribution in [3.05, 3.63) is 21.4 Å². The summed E-state index contributed by atoms with van der Waals surface area (Å²) in [6, 6.07) is 0. The SMILES string of the molecule is Cc1nc(C)c([C@H](O)C(=O)OC(C)C)c(N2CC[C@H]3CCCC[C@H]3C2)c1Br. The Morgan fingerprint density at radius 3 is 2.52 bits per heavy atom. The van der Waals surface area contributed by atoms with Crippen molar-refractivity contribution in [2.45, 2.75) is 72.0 Å². The maximum Gasteiger partial charge on any atom is 0.340 e. The minimum atomic E-state index is -1.32. The first-order valence-corrected chi connectivity index (χ1v) is 10.9. The molecule has 2 fully saturated rings. The molecule has 0 amide bonds. The van der Waals surface area contributed by atoms with Gasteiger partial charge in [-0.15, -0.1) is 0 Å². The van der Waals surface area contributed by atoms with Crippen LogP contribution in [0.4, 0.5) is 5.69 Å². The molecule has 0 radical (unpaired) electrons. The predicted molar refractivity (Wildman–Crippen MR) is 110 cm³/mol. The second kappa shape index (κ2) is 8.48. The molecule has 1 aliphatic heterocycles. The third-order valence-electron chi connectivity index (χ3n) is 5.96. The number of esters is 1. The summed E-state index contributed by atoms with van der Waals surface area (Å²) in [4.78, 5) is 19.3. The number of hydrogen-bond acceptors (Lipinski definition) is 5. The largest absolute Gasteiger partial charge is 0.461 e. The summed E-state index contributed by atoms with van der Waals surface area (Å²) in [5.74, 6) is 0.900. The van der Waals surface area contributed by atoms with Gasteiger partial charge >= 0.3 is 5.97 Å². The van der Waals surface area contributed by atoms with Crippen LogP contribution in [0.25, 0.3) is 0 Å². The minimum Gasteiger partial charge on any atom is -0.461 e. The molecule has 2 heterocycles. The van der Waals surface area contributed by atoms with Crippen LogP contribution >= 0.6 is 15.9 Å². The van der Waals surface area contributed by atoms with E-state index >= 15 is 0 Å². The van der Waals surface area contributed by atoms with Gasteiger partial charge in [-0.2, -0.15) is 0 Å². The van der Waals surface area contributed by atoms with Crippen molar-refractivity contribution in [3.63, 3.8) is 0 Å². The number of piperidine rings is 1. The van der Waals surface area contributed by atoms with Crippen LogP contribution in [-0.4, -0.2) is 35.3 Å². The summed E-state index contributed by atoms with van der Waals surface area (Å²) in [5.41, 5.74) is 3.05. The Labute approximate surface area is 170 Å². The molecule has 1 aromatic heterocycles. The van der Waals surface area contributed by atoms with E-state index in [0.29, 0.717) is 17.2 Å². The number of ether oxygens (including phenoxy) is 1. The Morgan fingerprint density at radius 1 is 1.19 bits per heavy atom. The molecular formula is C21H31BrN2O3. The number of aliphatic hydroxyl groups excluding tert-OH is 1. The first kappa shape index (κ1) is 20.6. The normalized spacial score (nSPS) is 23.9. The number of aliphatic hydroxyl groups is 1.